The van der Waals surface area contributed by atoms with E-state index in [4.69, 9.17) is 55.8 Å². The van der Waals surface area contributed by atoms with Crippen LogP contribution in [0.4, 0.5) is 0 Å². The number of carbonyl (C=O) groups is 7. The molecular weight excluding hydrogens is 970 g/mol. The Balaban J connectivity index is 1.79. The van der Waals surface area contributed by atoms with Crippen molar-refractivity contribution < 1.29 is 123 Å². The van der Waals surface area contributed by atoms with Gasteiger partial charge in [0.05, 0.1) is 6.61 Å². The molecule has 0 spiro atoms. The van der Waals surface area contributed by atoms with Crippen LogP contribution in [-0.4, -0.2) is 171 Å². The van der Waals surface area contributed by atoms with Crippen molar-refractivity contribution in [1.82, 2.24) is 20.2 Å². The van der Waals surface area contributed by atoms with Crippen LogP contribution < -0.4 is 21.9 Å². The maximum Gasteiger partial charge on any atom is 0.483 e. The van der Waals surface area contributed by atoms with Crippen molar-refractivity contribution in [3.63, 3.8) is 0 Å². The quantitative estimate of drug-likeness (QED) is 0.0396. The molecule has 3 aliphatic heterocycles. The molecule has 16 atom stereocenters. The monoisotopic (exact) mass is 1030 g/mol. The second kappa shape index (κ2) is 23.5. The number of carbonyl (C=O) groups excluding carboxylic acids is 7. The maximum atomic E-state index is 13.7. The summed E-state index contributed by atoms with van der Waals surface area (Å²) in [6, 6.07) is -3.42. The molecule has 2 unspecified atom stereocenters. The Morgan fingerprint density at radius 2 is 1.21 bits per heavy atom. The number of phosphoric ester groups is 2. The number of esters is 5. The number of hydrogen-bond acceptors (Lipinski definition) is 25. The van der Waals surface area contributed by atoms with E-state index in [9.17, 15) is 72.3 Å². The van der Waals surface area contributed by atoms with Gasteiger partial charge >= 0.3 is 51.2 Å². The standard InChI is InChI=1S/C35H50N4O27P2/c1-13(40)36-24-30(60-19(7)46)28(58-17(5)44)21(10-55-15(3)42)62-33(24)64-31-25(37-14(2)41)34(63-22(11-56-16(4)43)29(31)59-18(6)45)65-68(53,54)66-67(51,52)57-12-20-26(48)27(49)32(61-20)39-9-8-23(47)38-35(39)50/h8-9,20-22,24-34,48-49H,10-12H2,1-7H3,(H,36,40)(H,37,41)(H,51,52)(H,53,54)(H,38,47,50)/t20-,21-,22-,24-,25-,26-,27-,28-,29-,30-,31-,32-,33+,34-/m1/s1/i2T3. The number of phosphoric acid groups is 2. The summed E-state index contributed by atoms with van der Waals surface area (Å²) in [4.78, 5) is 135. The predicted octanol–water partition coefficient (Wildman–Crippen LogP) is -3.83. The number of hydrogen-bond donors (Lipinski definition) is 7. The van der Waals surface area contributed by atoms with Gasteiger partial charge in [-0.2, -0.15) is 4.31 Å². The van der Waals surface area contributed by atoms with Crippen LogP contribution in [-0.2, 0) is 98.7 Å². The second-order valence-electron chi connectivity index (χ2n) is 14.7. The van der Waals surface area contributed by atoms with Crippen LogP contribution in [0.1, 0.15) is 58.7 Å². The molecule has 1 aromatic heterocycles. The minimum Gasteiger partial charge on any atom is -0.463 e. The molecule has 0 radical (unpaired) electrons. The summed E-state index contributed by atoms with van der Waals surface area (Å²) in [7, 11) is -12.2. The van der Waals surface area contributed by atoms with Gasteiger partial charge in [-0.3, -0.25) is 57.0 Å². The molecule has 3 saturated heterocycles. The van der Waals surface area contributed by atoms with E-state index in [1.54, 1.807) is 0 Å². The Kier molecular flexibility index (Phi) is 17.6. The summed E-state index contributed by atoms with van der Waals surface area (Å²) in [5.74, 6) is -8.08. The number of rotatable bonds is 19. The molecule has 68 heavy (non-hydrogen) atoms. The molecule has 31 nitrogen and oxygen atoms in total. The molecule has 1 aromatic rings. The largest absolute Gasteiger partial charge is 0.483 e. The van der Waals surface area contributed by atoms with E-state index in [0.29, 0.717) is 4.57 Å². The number of H-pyrrole nitrogens is 1. The number of amides is 2. The lowest BCUT2D eigenvalue weighted by atomic mass is 9.94. The topological polar surface area (TPSA) is 424 Å². The number of aromatic amines is 1. The molecule has 0 aliphatic carbocycles. The molecule has 382 valence electrons. The van der Waals surface area contributed by atoms with E-state index in [2.05, 4.69) is 9.63 Å². The maximum absolute atomic E-state index is 13.7. The minimum atomic E-state index is -6.25. The summed E-state index contributed by atoms with van der Waals surface area (Å²) in [6.45, 7) is -1.21. The van der Waals surface area contributed by atoms with Crippen LogP contribution in [0.2, 0.25) is 0 Å². The van der Waals surface area contributed by atoms with Gasteiger partial charge in [0.1, 0.15) is 61.9 Å². The highest BCUT2D eigenvalue weighted by Gasteiger charge is 2.58. The van der Waals surface area contributed by atoms with Gasteiger partial charge in [-0.15, -0.1) is 0 Å². The van der Waals surface area contributed by atoms with Crippen molar-refractivity contribution in [2.75, 3.05) is 19.8 Å². The van der Waals surface area contributed by atoms with Gasteiger partial charge < -0.3 is 73.3 Å². The molecule has 0 saturated carbocycles. The number of aliphatic hydroxyl groups excluding tert-OH is 2. The highest BCUT2D eigenvalue weighted by atomic mass is 31.3. The van der Waals surface area contributed by atoms with Crippen LogP contribution in [0, 0.1) is 0 Å². The van der Waals surface area contributed by atoms with Crippen molar-refractivity contribution in [1.29, 1.82) is 0 Å². The zero-order chi connectivity index (χ0) is 53.5. The highest BCUT2D eigenvalue weighted by Crippen LogP contribution is 2.61. The van der Waals surface area contributed by atoms with Crippen molar-refractivity contribution >= 4 is 57.3 Å². The molecule has 0 aromatic carbocycles. The first kappa shape index (κ1) is 50.9. The molecular formula is C35H50N4O27P2. The van der Waals surface area contributed by atoms with Gasteiger partial charge in [0.25, 0.3) is 5.56 Å². The Bertz CT molecular complexity index is 2370. The number of nitrogens with zero attached hydrogens (tertiary/aromatic N) is 1. The van der Waals surface area contributed by atoms with E-state index >= 15 is 0 Å². The summed E-state index contributed by atoms with van der Waals surface area (Å²) < 4.78 is 114. The summed E-state index contributed by atoms with van der Waals surface area (Å²) in [6.07, 6.45) is -23.1. The molecule has 0 bridgehead atoms. The van der Waals surface area contributed by atoms with Gasteiger partial charge in [0.2, 0.25) is 11.8 Å². The van der Waals surface area contributed by atoms with Crippen molar-refractivity contribution in [2.45, 2.75) is 134 Å². The van der Waals surface area contributed by atoms with Crippen LogP contribution in [0.25, 0.3) is 0 Å². The summed E-state index contributed by atoms with van der Waals surface area (Å²) >= 11 is 0. The van der Waals surface area contributed by atoms with Gasteiger partial charge in [-0.1, -0.05) is 0 Å². The Morgan fingerprint density at radius 3 is 1.72 bits per heavy atom. The zero-order valence-electron chi connectivity index (χ0n) is 39.4. The minimum absolute atomic E-state index is 0.642. The molecule has 2 amide bonds. The second-order valence-corrected chi connectivity index (χ2v) is 17.7. The number of aliphatic hydroxyl groups is 2. The van der Waals surface area contributed by atoms with Crippen molar-refractivity contribution in [3.8, 4) is 0 Å². The molecule has 3 aliphatic rings. The first-order valence-corrected chi connectivity index (χ1v) is 22.6. The third-order valence-corrected chi connectivity index (χ3v) is 12.0. The average molecular weight is 1030 g/mol. The van der Waals surface area contributed by atoms with E-state index in [1.807, 2.05) is 10.3 Å². The third-order valence-electron chi connectivity index (χ3n) is 9.37. The first-order valence-electron chi connectivity index (χ1n) is 21.1. The molecule has 4 rings (SSSR count). The number of nitrogens with one attached hydrogen (secondary N) is 3. The van der Waals surface area contributed by atoms with Crippen LogP contribution in [0.15, 0.2) is 21.9 Å². The van der Waals surface area contributed by atoms with Crippen molar-refractivity contribution in [2.24, 2.45) is 0 Å². The third kappa shape index (κ3) is 15.5. The van der Waals surface area contributed by atoms with E-state index in [0.717, 1.165) is 53.8 Å². The number of aromatic nitrogens is 2. The smallest absolute Gasteiger partial charge is 0.463 e. The Morgan fingerprint density at radius 1 is 0.691 bits per heavy atom. The fraction of sp³-hybridized carbons (Fsp3) is 0.686. The Hall–Kier alpha value is -5.01. The fourth-order valence-electron chi connectivity index (χ4n) is 6.89. The number of ether oxygens (including phenoxy) is 9. The molecule has 4 heterocycles. The molecule has 7 N–H and O–H groups in total. The van der Waals surface area contributed by atoms with E-state index < -0.39 is 181 Å². The SMILES string of the molecule is [3H]C([3H])([3H])C(=O)N[C@H]1[C@@H](OP(=O)(O)OP(=O)(O)OC[C@H]2O[C@@H](n3ccc(=O)[nH]c3=O)[C@H](O)[C@@H]2O)O[C@H](COC(C)=O)[C@@H](OC(C)=O)[C@@H]1O[C@@H]1O[C@H](COC(C)=O)[C@@H](OC(C)=O)[C@H](OC(C)=O)[C@H]1NC(C)=O. The average Bonchev–Trinajstić information content (AvgIpc) is 3.49. The Labute approximate surface area is 387 Å². The lowest BCUT2D eigenvalue weighted by Gasteiger charge is -2.49. The molecule has 3 fully saturated rings. The van der Waals surface area contributed by atoms with Gasteiger partial charge in [-0.05, 0) is 0 Å². The molecule has 33 heteroatoms. The lowest BCUT2D eigenvalue weighted by molar-refractivity contribution is -0.324. The van der Waals surface area contributed by atoms with Gasteiger partial charge in [0, 0.05) is 64.8 Å². The van der Waals surface area contributed by atoms with Gasteiger partial charge in [-0.25, -0.2) is 13.9 Å². The fourth-order valence-corrected chi connectivity index (χ4v) is 9.05. The summed E-state index contributed by atoms with van der Waals surface area (Å²) in [5.41, 5.74) is -1.94. The highest BCUT2D eigenvalue weighted by molar-refractivity contribution is 7.61. The van der Waals surface area contributed by atoms with Crippen LogP contribution >= 0.6 is 15.6 Å². The van der Waals surface area contributed by atoms with Crippen LogP contribution in [0.3, 0.4) is 0 Å². The van der Waals surface area contributed by atoms with E-state index in [-0.39, 0.29) is 0 Å². The normalized spacial score (nSPS) is 32.8. The van der Waals surface area contributed by atoms with Gasteiger partial charge in [0.15, 0.2) is 37.1 Å². The summed E-state index contributed by atoms with van der Waals surface area (Å²) in [5, 5.41) is 25.3. The van der Waals surface area contributed by atoms with E-state index in [1.165, 1.54) is 0 Å². The lowest BCUT2D eigenvalue weighted by Crippen LogP contribution is -2.71. The zero-order valence-corrected chi connectivity index (χ0v) is 38.2. The van der Waals surface area contributed by atoms with Crippen LogP contribution in [0.5, 0.6) is 0 Å². The van der Waals surface area contributed by atoms with Crippen molar-refractivity contribution in [3.05, 3.63) is 33.1 Å². The first-order chi connectivity index (χ1) is 32.8. The predicted molar refractivity (Wildman–Crippen MR) is 212 cm³/mol.